The molecule has 1 atom stereocenters. The molecule has 0 aliphatic heterocycles. The van der Waals surface area contributed by atoms with Crippen LogP contribution in [0.25, 0.3) is 0 Å². The second-order valence-corrected chi connectivity index (χ2v) is 3.10. The van der Waals surface area contributed by atoms with Crippen LogP contribution in [0, 0.1) is 0 Å². The third-order valence-corrected chi connectivity index (χ3v) is 1.86. The summed E-state index contributed by atoms with van der Waals surface area (Å²) in [5, 5.41) is 10.8. The fourth-order valence-corrected chi connectivity index (χ4v) is 0.927. The topological polar surface area (TPSA) is 60.2 Å². The summed E-state index contributed by atoms with van der Waals surface area (Å²) in [6.07, 6.45) is 0.994. The van der Waals surface area contributed by atoms with E-state index in [2.05, 4.69) is 22.4 Å². The van der Waals surface area contributed by atoms with Crippen molar-refractivity contribution in [3.8, 4) is 0 Å². The maximum absolute atomic E-state index is 5.37. The van der Waals surface area contributed by atoms with E-state index >= 15 is 0 Å². The summed E-state index contributed by atoms with van der Waals surface area (Å²) in [5.41, 5.74) is 0. The van der Waals surface area contributed by atoms with Crippen molar-refractivity contribution in [3.63, 3.8) is 0 Å². The smallest absolute Gasteiger partial charge is 0.242 e. The van der Waals surface area contributed by atoms with Gasteiger partial charge < -0.3 is 14.5 Å². The molecule has 5 nitrogen and oxygen atoms in total. The lowest BCUT2D eigenvalue weighted by molar-refractivity contribution is 0.102. The Morgan fingerprint density at radius 1 is 1.50 bits per heavy atom. The molecule has 0 fully saturated rings. The van der Waals surface area contributed by atoms with Gasteiger partial charge in [0.15, 0.2) is 0 Å². The van der Waals surface area contributed by atoms with Crippen molar-refractivity contribution in [2.75, 3.05) is 13.7 Å². The van der Waals surface area contributed by atoms with Gasteiger partial charge in [0.05, 0.1) is 6.04 Å². The molecule has 0 radical (unpaired) electrons. The van der Waals surface area contributed by atoms with Gasteiger partial charge in [-0.25, -0.2) is 0 Å². The zero-order valence-corrected chi connectivity index (χ0v) is 8.91. The quantitative estimate of drug-likeness (QED) is 0.699. The Hall–Kier alpha value is -0.940. The number of rotatable bonds is 6. The Kier molecular flexibility index (Phi) is 4.55. The predicted molar refractivity (Wildman–Crippen MR) is 51.7 cm³/mol. The zero-order chi connectivity index (χ0) is 10.4. The molecule has 0 saturated heterocycles. The molecule has 0 amide bonds. The van der Waals surface area contributed by atoms with Gasteiger partial charge in [-0.05, 0) is 20.4 Å². The Labute approximate surface area is 83.9 Å². The molecule has 1 N–H and O–H groups in total. The van der Waals surface area contributed by atoms with Gasteiger partial charge in [-0.15, -0.1) is 10.2 Å². The molecule has 1 unspecified atom stereocenters. The van der Waals surface area contributed by atoms with E-state index in [4.69, 9.17) is 9.15 Å². The number of nitrogens with zero attached hydrogens (tertiary/aromatic N) is 2. The average molecular weight is 199 g/mol. The molecule has 0 aliphatic rings. The maximum atomic E-state index is 5.37. The first-order chi connectivity index (χ1) is 6.77. The Morgan fingerprint density at radius 3 is 2.93 bits per heavy atom. The highest BCUT2D eigenvalue weighted by Gasteiger charge is 2.11. The number of ether oxygens (including phenoxy) is 1. The summed E-state index contributed by atoms with van der Waals surface area (Å²) in [5.74, 6) is 1.14. The van der Waals surface area contributed by atoms with Crippen LogP contribution in [0.3, 0.4) is 0 Å². The van der Waals surface area contributed by atoms with E-state index in [1.165, 1.54) is 0 Å². The fourth-order valence-electron chi connectivity index (χ4n) is 0.927. The third-order valence-electron chi connectivity index (χ3n) is 1.86. The van der Waals surface area contributed by atoms with E-state index in [1.54, 1.807) is 0 Å². The SMILES string of the molecule is CCCOCc1nnc(C(C)NC)o1. The lowest BCUT2D eigenvalue weighted by Gasteiger charge is -2.02. The number of hydrogen-bond acceptors (Lipinski definition) is 5. The monoisotopic (exact) mass is 199 g/mol. The second kappa shape index (κ2) is 5.72. The van der Waals surface area contributed by atoms with Gasteiger partial charge in [0.2, 0.25) is 11.8 Å². The van der Waals surface area contributed by atoms with Crippen LogP contribution in [-0.2, 0) is 11.3 Å². The van der Waals surface area contributed by atoms with Crippen molar-refractivity contribution in [2.45, 2.75) is 32.9 Å². The normalized spacial score (nSPS) is 13.1. The summed E-state index contributed by atoms with van der Waals surface area (Å²) in [6.45, 7) is 5.14. The molecule has 0 spiro atoms. The van der Waals surface area contributed by atoms with Gasteiger partial charge in [0.25, 0.3) is 0 Å². The second-order valence-electron chi connectivity index (χ2n) is 3.10. The zero-order valence-electron chi connectivity index (χ0n) is 8.91. The molecule has 1 heterocycles. The first kappa shape index (κ1) is 11.1. The van der Waals surface area contributed by atoms with Crippen molar-refractivity contribution in [1.29, 1.82) is 0 Å². The average Bonchev–Trinajstić information content (AvgIpc) is 2.66. The van der Waals surface area contributed by atoms with Gasteiger partial charge in [0.1, 0.15) is 6.61 Å². The Bertz CT molecular complexity index is 262. The highest BCUT2D eigenvalue weighted by Crippen LogP contribution is 2.10. The van der Waals surface area contributed by atoms with Gasteiger partial charge in [0, 0.05) is 6.61 Å². The highest BCUT2D eigenvalue weighted by molar-refractivity contribution is 4.86. The molecule has 1 aromatic rings. The van der Waals surface area contributed by atoms with Gasteiger partial charge in [-0.3, -0.25) is 0 Å². The number of hydrogen-bond donors (Lipinski definition) is 1. The van der Waals surface area contributed by atoms with Gasteiger partial charge in [-0.2, -0.15) is 0 Å². The fraction of sp³-hybridized carbons (Fsp3) is 0.778. The van der Waals surface area contributed by atoms with Crippen LogP contribution in [0.1, 0.15) is 38.1 Å². The summed E-state index contributed by atoms with van der Waals surface area (Å²) in [4.78, 5) is 0. The number of aromatic nitrogens is 2. The molecular formula is C9H17N3O2. The molecule has 0 aromatic carbocycles. The molecule has 1 aromatic heterocycles. The standard InChI is InChI=1S/C9H17N3O2/c1-4-5-13-6-8-11-12-9(14-8)7(2)10-3/h7,10H,4-6H2,1-3H3. The molecule has 0 saturated carbocycles. The van der Waals surface area contributed by atoms with E-state index in [9.17, 15) is 0 Å². The molecule has 14 heavy (non-hydrogen) atoms. The van der Waals surface area contributed by atoms with Gasteiger partial charge in [-0.1, -0.05) is 6.92 Å². The molecular weight excluding hydrogens is 182 g/mol. The van der Waals surface area contributed by atoms with E-state index in [1.807, 2.05) is 14.0 Å². The summed E-state index contributed by atoms with van der Waals surface area (Å²) >= 11 is 0. The van der Waals surface area contributed by atoms with Crippen LogP contribution < -0.4 is 5.32 Å². The minimum Gasteiger partial charge on any atom is -0.421 e. The summed E-state index contributed by atoms with van der Waals surface area (Å²) in [7, 11) is 1.85. The van der Waals surface area contributed by atoms with Crippen LogP contribution in [0.2, 0.25) is 0 Å². The van der Waals surface area contributed by atoms with Crippen molar-refractivity contribution in [1.82, 2.24) is 15.5 Å². The summed E-state index contributed by atoms with van der Waals surface area (Å²) < 4.78 is 10.7. The van der Waals surface area contributed by atoms with Crippen LogP contribution in [-0.4, -0.2) is 23.9 Å². The molecule has 0 aliphatic carbocycles. The minimum absolute atomic E-state index is 0.0856. The lowest BCUT2D eigenvalue weighted by atomic mass is 10.3. The lowest BCUT2D eigenvalue weighted by Crippen LogP contribution is -2.12. The first-order valence-electron chi connectivity index (χ1n) is 4.85. The van der Waals surface area contributed by atoms with Crippen LogP contribution in [0.5, 0.6) is 0 Å². The highest BCUT2D eigenvalue weighted by atomic mass is 16.5. The molecule has 0 bridgehead atoms. The van der Waals surface area contributed by atoms with Crippen LogP contribution >= 0.6 is 0 Å². The van der Waals surface area contributed by atoms with E-state index in [0.29, 0.717) is 18.4 Å². The third kappa shape index (κ3) is 3.08. The maximum Gasteiger partial charge on any atom is 0.242 e. The minimum atomic E-state index is 0.0856. The van der Waals surface area contributed by atoms with E-state index in [-0.39, 0.29) is 6.04 Å². The Balaban J connectivity index is 2.42. The van der Waals surface area contributed by atoms with Crippen LogP contribution in [0.4, 0.5) is 0 Å². The van der Waals surface area contributed by atoms with E-state index < -0.39 is 0 Å². The molecule has 80 valence electrons. The molecule has 5 heteroatoms. The van der Waals surface area contributed by atoms with Crippen molar-refractivity contribution >= 4 is 0 Å². The van der Waals surface area contributed by atoms with Gasteiger partial charge >= 0.3 is 0 Å². The van der Waals surface area contributed by atoms with Crippen molar-refractivity contribution in [2.24, 2.45) is 0 Å². The first-order valence-corrected chi connectivity index (χ1v) is 4.85. The van der Waals surface area contributed by atoms with Crippen LogP contribution in [0.15, 0.2) is 4.42 Å². The number of nitrogens with one attached hydrogen (secondary N) is 1. The summed E-state index contributed by atoms with van der Waals surface area (Å²) in [6, 6.07) is 0.0856. The van der Waals surface area contributed by atoms with Crippen molar-refractivity contribution < 1.29 is 9.15 Å². The molecule has 1 rings (SSSR count). The largest absolute Gasteiger partial charge is 0.421 e. The van der Waals surface area contributed by atoms with Crippen molar-refractivity contribution in [3.05, 3.63) is 11.8 Å². The van der Waals surface area contributed by atoms with E-state index in [0.717, 1.165) is 13.0 Å². The Morgan fingerprint density at radius 2 is 2.29 bits per heavy atom. The predicted octanol–water partition coefficient (Wildman–Crippen LogP) is 1.28.